The Hall–Kier alpha value is -1.49. The van der Waals surface area contributed by atoms with E-state index in [1.54, 1.807) is 6.07 Å². The topological polar surface area (TPSA) is 12.0 Å². The summed E-state index contributed by atoms with van der Waals surface area (Å²) >= 11 is 3.48. The van der Waals surface area contributed by atoms with Gasteiger partial charge < -0.3 is 5.32 Å². The Labute approximate surface area is 122 Å². The zero-order valence-electron chi connectivity index (χ0n) is 10.3. The average molecular weight is 342 g/mol. The molecule has 1 aliphatic heterocycles. The number of halogens is 4. The van der Waals surface area contributed by atoms with Crippen molar-refractivity contribution in [1.82, 2.24) is 0 Å². The van der Waals surface area contributed by atoms with Gasteiger partial charge in [0.05, 0.1) is 11.6 Å². The van der Waals surface area contributed by atoms with Gasteiger partial charge in [-0.15, -0.1) is 0 Å². The van der Waals surface area contributed by atoms with Gasteiger partial charge in [-0.1, -0.05) is 40.2 Å². The van der Waals surface area contributed by atoms with Crippen molar-refractivity contribution in [2.75, 3.05) is 5.32 Å². The van der Waals surface area contributed by atoms with Crippen LogP contribution in [0, 0.1) is 0 Å². The van der Waals surface area contributed by atoms with E-state index in [1.807, 2.05) is 24.3 Å². The zero-order valence-corrected chi connectivity index (χ0v) is 11.9. The van der Waals surface area contributed by atoms with E-state index in [0.29, 0.717) is 12.1 Å². The maximum Gasteiger partial charge on any atom is 0.416 e. The maximum atomic E-state index is 12.7. The maximum absolute atomic E-state index is 12.7. The SMILES string of the molecule is FC(F)(F)c1ccc2c(c1)NC(c1ccccc1Br)C2. The second-order valence-electron chi connectivity index (χ2n) is 4.79. The molecule has 0 spiro atoms. The predicted molar refractivity (Wildman–Crippen MR) is 75.7 cm³/mol. The van der Waals surface area contributed by atoms with Crippen LogP contribution >= 0.6 is 15.9 Å². The molecule has 0 aromatic heterocycles. The van der Waals surface area contributed by atoms with Gasteiger partial charge in [0.2, 0.25) is 0 Å². The van der Waals surface area contributed by atoms with Crippen LogP contribution in [-0.2, 0) is 12.6 Å². The largest absolute Gasteiger partial charge is 0.416 e. The summed E-state index contributed by atoms with van der Waals surface area (Å²) in [5.41, 5.74) is 1.92. The lowest BCUT2D eigenvalue weighted by atomic mass is 10.0. The van der Waals surface area contributed by atoms with E-state index in [4.69, 9.17) is 0 Å². The minimum Gasteiger partial charge on any atom is -0.378 e. The number of alkyl halides is 3. The second kappa shape index (κ2) is 4.81. The van der Waals surface area contributed by atoms with E-state index < -0.39 is 11.7 Å². The average Bonchev–Trinajstić information content (AvgIpc) is 2.80. The monoisotopic (exact) mass is 341 g/mol. The summed E-state index contributed by atoms with van der Waals surface area (Å²) in [5, 5.41) is 3.17. The number of benzene rings is 2. The highest BCUT2D eigenvalue weighted by molar-refractivity contribution is 9.10. The summed E-state index contributed by atoms with van der Waals surface area (Å²) in [6.45, 7) is 0. The van der Waals surface area contributed by atoms with E-state index in [2.05, 4.69) is 21.2 Å². The van der Waals surface area contributed by atoms with Gasteiger partial charge in [-0.05, 0) is 35.7 Å². The summed E-state index contributed by atoms with van der Waals surface area (Å²) in [6.07, 6.45) is -3.61. The van der Waals surface area contributed by atoms with Gasteiger partial charge in [0, 0.05) is 10.2 Å². The van der Waals surface area contributed by atoms with Gasteiger partial charge in [0.15, 0.2) is 0 Å². The molecule has 1 atom stereocenters. The van der Waals surface area contributed by atoms with E-state index in [1.165, 1.54) is 6.07 Å². The molecule has 1 nitrogen and oxygen atoms in total. The molecule has 0 aliphatic carbocycles. The van der Waals surface area contributed by atoms with Gasteiger partial charge in [-0.25, -0.2) is 0 Å². The number of hydrogen-bond acceptors (Lipinski definition) is 1. The lowest BCUT2D eigenvalue weighted by Crippen LogP contribution is -2.07. The molecule has 0 amide bonds. The van der Waals surface area contributed by atoms with Crippen molar-refractivity contribution >= 4 is 21.6 Å². The fraction of sp³-hybridized carbons (Fsp3) is 0.200. The van der Waals surface area contributed by atoms with Crippen molar-refractivity contribution in [3.63, 3.8) is 0 Å². The van der Waals surface area contributed by atoms with Crippen molar-refractivity contribution in [1.29, 1.82) is 0 Å². The van der Waals surface area contributed by atoms with Crippen LogP contribution in [0.25, 0.3) is 0 Å². The van der Waals surface area contributed by atoms with E-state index in [9.17, 15) is 13.2 Å². The molecule has 0 bridgehead atoms. The molecule has 104 valence electrons. The molecule has 5 heteroatoms. The quantitative estimate of drug-likeness (QED) is 0.753. The van der Waals surface area contributed by atoms with E-state index in [-0.39, 0.29) is 6.04 Å². The Bertz CT molecular complexity index is 652. The molecule has 0 radical (unpaired) electrons. The minimum absolute atomic E-state index is 0.00376. The van der Waals surface area contributed by atoms with Crippen LogP contribution < -0.4 is 5.32 Å². The van der Waals surface area contributed by atoms with Crippen molar-refractivity contribution in [2.45, 2.75) is 18.6 Å². The molecule has 0 saturated carbocycles. The number of nitrogens with one attached hydrogen (secondary N) is 1. The Balaban J connectivity index is 1.91. The zero-order chi connectivity index (χ0) is 14.3. The first kappa shape index (κ1) is 13.5. The Kier molecular flexibility index (Phi) is 3.24. The first-order valence-electron chi connectivity index (χ1n) is 6.16. The molecule has 1 unspecified atom stereocenters. The lowest BCUT2D eigenvalue weighted by molar-refractivity contribution is -0.137. The molecular formula is C15H11BrF3N. The molecule has 2 aromatic rings. The van der Waals surface area contributed by atoms with Crippen LogP contribution in [-0.4, -0.2) is 0 Å². The summed E-state index contributed by atoms with van der Waals surface area (Å²) < 4.78 is 39.1. The highest BCUT2D eigenvalue weighted by atomic mass is 79.9. The summed E-state index contributed by atoms with van der Waals surface area (Å²) in [5.74, 6) is 0. The van der Waals surface area contributed by atoms with Crippen molar-refractivity contribution in [2.24, 2.45) is 0 Å². The van der Waals surface area contributed by atoms with Crippen LogP contribution in [0.5, 0.6) is 0 Å². The van der Waals surface area contributed by atoms with Gasteiger partial charge in [0.1, 0.15) is 0 Å². The number of hydrogen-bond donors (Lipinski definition) is 1. The van der Waals surface area contributed by atoms with Gasteiger partial charge in [-0.2, -0.15) is 13.2 Å². The minimum atomic E-state index is -4.30. The summed E-state index contributed by atoms with van der Waals surface area (Å²) in [4.78, 5) is 0. The van der Waals surface area contributed by atoms with Gasteiger partial charge >= 0.3 is 6.18 Å². The smallest absolute Gasteiger partial charge is 0.378 e. The molecule has 20 heavy (non-hydrogen) atoms. The fourth-order valence-electron chi connectivity index (χ4n) is 2.47. The highest BCUT2D eigenvalue weighted by Gasteiger charge is 2.32. The second-order valence-corrected chi connectivity index (χ2v) is 5.65. The number of rotatable bonds is 1. The molecule has 1 N–H and O–H groups in total. The lowest BCUT2D eigenvalue weighted by Gasteiger charge is -2.13. The third-order valence-electron chi connectivity index (χ3n) is 3.47. The van der Waals surface area contributed by atoms with Crippen LogP contribution in [0.4, 0.5) is 18.9 Å². The van der Waals surface area contributed by atoms with Crippen LogP contribution in [0.1, 0.15) is 22.7 Å². The van der Waals surface area contributed by atoms with Crippen molar-refractivity contribution in [3.8, 4) is 0 Å². The fourth-order valence-corrected chi connectivity index (χ4v) is 3.03. The standard InChI is InChI=1S/C15H11BrF3N/c16-12-4-2-1-3-11(12)14-7-9-5-6-10(15(17,18)19)8-13(9)20-14/h1-6,8,14,20H,7H2. The first-order valence-corrected chi connectivity index (χ1v) is 6.95. The van der Waals surface area contributed by atoms with Gasteiger partial charge in [0.25, 0.3) is 0 Å². The Morgan fingerprint density at radius 2 is 1.85 bits per heavy atom. The molecule has 0 fully saturated rings. The van der Waals surface area contributed by atoms with Crippen LogP contribution in [0.2, 0.25) is 0 Å². The Morgan fingerprint density at radius 1 is 1.10 bits per heavy atom. The Morgan fingerprint density at radius 3 is 2.55 bits per heavy atom. The van der Waals surface area contributed by atoms with Crippen LogP contribution in [0.3, 0.4) is 0 Å². The van der Waals surface area contributed by atoms with Crippen molar-refractivity contribution in [3.05, 3.63) is 63.6 Å². The van der Waals surface area contributed by atoms with Crippen molar-refractivity contribution < 1.29 is 13.2 Å². The van der Waals surface area contributed by atoms with Crippen LogP contribution in [0.15, 0.2) is 46.9 Å². The third kappa shape index (κ3) is 2.42. The highest BCUT2D eigenvalue weighted by Crippen LogP contribution is 2.40. The first-order chi connectivity index (χ1) is 9.45. The molecule has 1 heterocycles. The molecular weight excluding hydrogens is 331 g/mol. The third-order valence-corrected chi connectivity index (χ3v) is 4.19. The molecule has 1 aliphatic rings. The predicted octanol–water partition coefficient (Wildman–Crippen LogP) is 5.18. The van der Waals surface area contributed by atoms with Gasteiger partial charge in [-0.3, -0.25) is 0 Å². The van der Waals surface area contributed by atoms with E-state index in [0.717, 1.165) is 21.7 Å². The number of anilines is 1. The summed E-state index contributed by atoms with van der Waals surface area (Å²) in [6, 6.07) is 11.6. The molecule has 2 aromatic carbocycles. The molecule has 3 rings (SSSR count). The summed E-state index contributed by atoms with van der Waals surface area (Å²) in [7, 11) is 0. The normalized spacial score (nSPS) is 17.7. The van der Waals surface area contributed by atoms with E-state index >= 15 is 0 Å². The number of fused-ring (bicyclic) bond motifs is 1. The molecule has 0 saturated heterocycles.